The summed E-state index contributed by atoms with van der Waals surface area (Å²) >= 11 is 1.63. The zero-order chi connectivity index (χ0) is 30.3. The van der Waals surface area contributed by atoms with Crippen molar-refractivity contribution in [1.29, 1.82) is 0 Å². The third-order valence-corrected chi connectivity index (χ3v) is 8.84. The van der Waals surface area contributed by atoms with Gasteiger partial charge in [-0.1, -0.05) is 72.8 Å². The maximum Gasteiger partial charge on any atom is 0.334 e. The van der Waals surface area contributed by atoms with Gasteiger partial charge in [-0.3, -0.25) is 9.59 Å². The van der Waals surface area contributed by atoms with Crippen LogP contribution in [0, 0.1) is 5.82 Å². The molecule has 2 heterocycles. The highest BCUT2D eigenvalue weighted by molar-refractivity contribution is 7.98. The number of nitrogens with one attached hydrogen (secondary N) is 1. The first-order chi connectivity index (χ1) is 20.9. The van der Waals surface area contributed by atoms with E-state index in [1.54, 1.807) is 45.9 Å². The second-order valence-corrected chi connectivity index (χ2v) is 12.0. The summed E-state index contributed by atoms with van der Waals surface area (Å²) in [6.07, 6.45) is 2.54. The minimum Gasteiger partial charge on any atom is -0.337 e. The maximum atomic E-state index is 14.0. The summed E-state index contributed by atoms with van der Waals surface area (Å²) in [7, 11) is 1.71. The molecular weight excluding hydrogens is 565 g/mol. The number of carbonyl (C=O) groups excluding carboxylic acids is 3. The quantitative estimate of drug-likeness (QED) is 0.369. The Morgan fingerprint density at radius 1 is 0.977 bits per heavy atom. The molecule has 5 rings (SSSR count). The molecule has 0 saturated carbocycles. The van der Waals surface area contributed by atoms with E-state index in [1.807, 2.05) is 47.6 Å². The van der Waals surface area contributed by atoms with E-state index in [0.717, 1.165) is 5.56 Å². The molecule has 8 nitrogen and oxygen atoms in total. The molecule has 10 heteroatoms. The second kappa shape index (κ2) is 14.1. The zero-order valence-corrected chi connectivity index (χ0v) is 25.4. The van der Waals surface area contributed by atoms with Crippen LogP contribution in [0.4, 0.5) is 9.18 Å². The third-order valence-electron chi connectivity index (χ3n) is 8.19. The van der Waals surface area contributed by atoms with Crippen molar-refractivity contribution in [1.82, 2.24) is 25.1 Å². The van der Waals surface area contributed by atoms with Crippen LogP contribution >= 0.6 is 11.8 Å². The molecule has 2 atom stereocenters. The Balaban J connectivity index is 1.39. The van der Waals surface area contributed by atoms with E-state index in [0.29, 0.717) is 25.1 Å². The number of thioether (sulfide) groups is 1. The van der Waals surface area contributed by atoms with Gasteiger partial charge in [0.1, 0.15) is 18.0 Å². The lowest BCUT2D eigenvalue weighted by Gasteiger charge is -2.54. The summed E-state index contributed by atoms with van der Waals surface area (Å²) in [5.41, 5.74) is 3.11. The molecule has 1 N–H and O–H groups in total. The van der Waals surface area contributed by atoms with Crippen LogP contribution in [0.15, 0.2) is 84.9 Å². The fourth-order valence-electron chi connectivity index (χ4n) is 6.06. The van der Waals surface area contributed by atoms with Crippen LogP contribution in [-0.2, 0) is 16.1 Å². The minimum atomic E-state index is -0.647. The Kier molecular flexibility index (Phi) is 9.99. The van der Waals surface area contributed by atoms with Crippen LogP contribution in [0.1, 0.15) is 35.4 Å². The van der Waals surface area contributed by atoms with E-state index in [1.165, 1.54) is 23.3 Å². The predicted octanol–water partition coefficient (Wildman–Crippen LogP) is 4.54. The molecule has 0 aliphatic carbocycles. The van der Waals surface area contributed by atoms with E-state index in [4.69, 9.17) is 0 Å². The molecule has 3 aromatic carbocycles. The van der Waals surface area contributed by atoms with Gasteiger partial charge < -0.3 is 15.1 Å². The van der Waals surface area contributed by atoms with E-state index < -0.39 is 12.2 Å². The van der Waals surface area contributed by atoms with Crippen molar-refractivity contribution in [3.8, 4) is 0 Å². The fraction of sp³-hybridized carbons (Fsp3) is 0.364. The first kappa shape index (κ1) is 30.6. The van der Waals surface area contributed by atoms with Gasteiger partial charge in [0.05, 0.1) is 13.1 Å². The molecule has 2 fully saturated rings. The van der Waals surface area contributed by atoms with Gasteiger partial charge in [-0.2, -0.15) is 11.8 Å². The molecule has 3 aromatic rings. The van der Waals surface area contributed by atoms with Crippen molar-refractivity contribution in [3.05, 3.63) is 107 Å². The SMILES string of the molecule is CSCC[C@H]1C(=O)N(CCC(c2ccccc2)c2ccccc2)C[C@H]2N1C(=O)CN(C)N2C(=O)NCc1ccc(F)cc1. The van der Waals surface area contributed by atoms with Gasteiger partial charge in [-0.15, -0.1) is 0 Å². The summed E-state index contributed by atoms with van der Waals surface area (Å²) in [4.78, 5) is 44.4. The van der Waals surface area contributed by atoms with Gasteiger partial charge in [0, 0.05) is 26.1 Å². The van der Waals surface area contributed by atoms with E-state index in [-0.39, 0.29) is 49.2 Å². The van der Waals surface area contributed by atoms with Crippen LogP contribution in [-0.4, -0.2) is 88.6 Å². The molecule has 2 saturated heterocycles. The van der Waals surface area contributed by atoms with Crippen LogP contribution < -0.4 is 5.32 Å². The van der Waals surface area contributed by atoms with Gasteiger partial charge in [-0.25, -0.2) is 19.2 Å². The summed E-state index contributed by atoms with van der Waals surface area (Å²) in [6, 6.07) is 25.5. The summed E-state index contributed by atoms with van der Waals surface area (Å²) in [5.74, 6) is 0.216. The third kappa shape index (κ3) is 7.02. The molecule has 0 spiro atoms. The van der Waals surface area contributed by atoms with Gasteiger partial charge in [0.15, 0.2) is 0 Å². The van der Waals surface area contributed by atoms with Crippen LogP contribution in [0.5, 0.6) is 0 Å². The zero-order valence-electron chi connectivity index (χ0n) is 24.6. The topological polar surface area (TPSA) is 76.2 Å². The lowest BCUT2D eigenvalue weighted by atomic mass is 9.88. The van der Waals surface area contributed by atoms with Gasteiger partial charge in [0.2, 0.25) is 11.8 Å². The van der Waals surface area contributed by atoms with E-state index in [2.05, 4.69) is 29.6 Å². The average Bonchev–Trinajstić information content (AvgIpc) is 3.02. The number of carbonyl (C=O) groups is 3. The van der Waals surface area contributed by atoms with Gasteiger partial charge in [0.25, 0.3) is 0 Å². The molecule has 2 aliphatic heterocycles. The van der Waals surface area contributed by atoms with E-state index in [9.17, 15) is 18.8 Å². The Morgan fingerprint density at radius 3 is 2.21 bits per heavy atom. The van der Waals surface area contributed by atoms with Crippen molar-refractivity contribution in [2.45, 2.75) is 37.5 Å². The number of hydrogen-bond donors (Lipinski definition) is 1. The Bertz CT molecular complexity index is 1360. The highest BCUT2D eigenvalue weighted by atomic mass is 32.2. The molecule has 2 aliphatic rings. The first-order valence-corrected chi connectivity index (χ1v) is 16.0. The van der Waals surface area contributed by atoms with Crippen LogP contribution in [0.2, 0.25) is 0 Å². The number of nitrogens with zero attached hydrogens (tertiary/aromatic N) is 4. The first-order valence-electron chi connectivity index (χ1n) is 14.6. The number of benzene rings is 3. The number of piperazine rings is 1. The fourth-order valence-corrected chi connectivity index (χ4v) is 6.51. The number of rotatable bonds is 10. The van der Waals surface area contributed by atoms with Crippen molar-refractivity contribution in [2.24, 2.45) is 0 Å². The smallest absolute Gasteiger partial charge is 0.334 e. The lowest BCUT2D eigenvalue weighted by Crippen LogP contribution is -2.76. The Labute approximate surface area is 256 Å². The molecule has 0 radical (unpaired) electrons. The molecule has 4 amide bonds. The molecular formula is C33H38FN5O3S. The molecule has 0 unspecified atom stereocenters. The van der Waals surface area contributed by atoms with Gasteiger partial charge >= 0.3 is 6.03 Å². The number of fused-ring (bicyclic) bond motifs is 1. The summed E-state index contributed by atoms with van der Waals surface area (Å²) < 4.78 is 13.4. The maximum absolute atomic E-state index is 14.0. The summed E-state index contributed by atoms with van der Waals surface area (Å²) in [6.45, 7) is 0.896. The van der Waals surface area contributed by atoms with Crippen molar-refractivity contribution < 1.29 is 18.8 Å². The Morgan fingerprint density at radius 2 is 1.60 bits per heavy atom. The second-order valence-electron chi connectivity index (χ2n) is 11.0. The predicted molar refractivity (Wildman–Crippen MR) is 166 cm³/mol. The number of amides is 4. The standard InChI is InChI=1S/C33H38FN5O3S/c1-36-23-31(40)38-29(18-20-43-2)32(41)37(19-17-28(25-9-5-3-6-10-25)26-11-7-4-8-12-26)22-30(38)39(36)33(42)35-21-24-13-15-27(34)16-14-24/h3-16,28-30H,17-23H2,1-2H3,(H,35,42)/t29-,30-/m0/s1. The molecule has 0 aromatic heterocycles. The highest BCUT2D eigenvalue weighted by Gasteiger charge is 2.50. The monoisotopic (exact) mass is 603 g/mol. The van der Waals surface area contributed by atoms with Gasteiger partial charge in [-0.05, 0) is 53.7 Å². The minimum absolute atomic E-state index is 0.00634. The number of hydrazine groups is 1. The van der Waals surface area contributed by atoms with Crippen LogP contribution in [0.3, 0.4) is 0 Å². The molecule has 226 valence electrons. The number of halogens is 1. The molecule has 0 bridgehead atoms. The van der Waals surface area contributed by atoms with Crippen molar-refractivity contribution in [3.63, 3.8) is 0 Å². The Hall–Kier alpha value is -3.89. The highest BCUT2D eigenvalue weighted by Crippen LogP contribution is 2.31. The number of likely N-dealkylation sites (N-methyl/N-ethyl adjacent to an activating group) is 1. The largest absolute Gasteiger partial charge is 0.337 e. The summed E-state index contributed by atoms with van der Waals surface area (Å²) in [5, 5.41) is 6.10. The average molecular weight is 604 g/mol. The van der Waals surface area contributed by atoms with Crippen LogP contribution in [0.25, 0.3) is 0 Å². The van der Waals surface area contributed by atoms with Crippen molar-refractivity contribution in [2.75, 3.05) is 38.7 Å². The number of hydrogen-bond acceptors (Lipinski definition) is 5. The lowest BCUT2D eigenvalue weighted by molar-refractivity contribution is -0.187. The van der Waals surface area contributed by atoms with Crippen molar-refractivity contribution >= 4 is 29.6 Å². The van der Waals surface area contributed by atoms with E-state index >= 15 is 0 Å². The molecule has 43 heavy (non-hydrogen) atoms. The number of urea groups is 1. The normalized spacial score (nSPS) is 19.1.